The first kappa shape index (κ1) is 19.6. The van der Waals surface area contributed by atoms with Gasteiger partial charge in [0.25, 0.3) is 0 Å². The number of benzene rings is 2. The Labute approximate surface area is 160 Å². The Balaban J connectivity index is 0.00000225. The standard InChI is InChI=1S/C21H24NO2.Cu/c1-23-21-14-18(15-22-19-10-6-3-7-11-19)12-13-20(21)24-16-17-8-4-2-5-9-17;/h2,4-5,8-9,13-15,19H,3,6-7,10-11,16H2,1H3;/q-1;+1. The van der Waals surface area contributed by atoms with Crippen LogP contribution >= 0.6 is 0 Å². The summed E-state index contributed by atoms with van der Waals surface area (Å²) >= 11 is 0. The molecule has 1 fully saturated rings. The number of methoxy groups -OCH3 is 1. The van der Waals surface area contributed by atoms with Crippen LogP contribution in [-0.2, 0) is 23.7 Å². The Bertz CT molecular complexity index is 667. The maximum atomic E-state index is 5.86. The second-order valence-corrected chi connectivity index (χ2v) is 6.17. The molecule has 0 aliphatic heterocycles. The quantitative estimate of drug-likeness (QED) is 0.405. The van der Waals surface area contributed by atoms with Crippen LogP contribution in [0.25, 0.3) is 0 Å². The molecule has 4 heteroatoms. The van der Waals surface area contributed by atoms with Gasteiger partial charge in [-0.1, -0.05) is 61.9 Å². The van der Waals surface area contributed by atoms with Crippen LogP contribution in [0.5, 0.6) is 11.5 Å². The summed E-state index contributed by atoms with van der Waals surface area (Å²) in [4.78, 5) is 4.70. The average Bonchev–Trinajstić information content (AvgIpc) is 2.66. The van der Waals surface area contributed by atoms with Crippen molar-refractivity contribution in [3.8, 4) is 11.5 Å². The molecule has 0 unspecified atom stereocenters. The van der Waals surface area contributed by atoms with E-state index in [0.29, 0.717) is 18.4 Å². The summed E-state index contributed by atoms with van der Waals surface area (Å²) in [6.07, 6.45) is 8.25. The number of rotatable bonds is 6. The van der Waals surface area contributed by atoms with Crippen molar-refractivity contribution >= 4 is 6.21 Å². The fourth-order valence-corrected chi connectivity index (χ4v) is 2.97. The molecular weight excluding hydrogens is 362 g/mol. The van der Waals surface area contributed by atoms with Crippen LogP contribution in [0.4, 0.5) is 0 Å². The van der Waals surface area contributed by atoms with E-state index in [1.807, 2.05) is 48.7 Å². The van der Waals surface area contributed by atoms with Gasteiger partial charge in [-0.2, -0.15) is 0 Å². The fraction of sp³-hybridized carbons (Fsp3) is 0.381. The van der Waals surface area contributed by atoms with E-state index in [0.717, 1.165) is 16.9 Å². The summed E-state index contributed by atoms with van der Waals surface area (Å²) in [6, 6.07) is 17.6. The van der Waals surface area contributed by atoms with Crippen molar-refractivity contribution in [1.82, 2.24) is 0 Å². The number of ether oxygens (including phenoxy) is 2. The molecule has 1 aliphatic carbocycles. The Morgan fingerprint density at radius 1 is 1.12 bits per heavy atom. The van der Waals surface area contributed by atoms with Crippen molar-refractivity contribution in [1.29, 1.82) is 0 Å². The molecule has 25 heavy (non-hydrogen) atoms. The van der Waals surface area contributed by atoms with Crippen LogP contribution in [0.1, 0.15) is 43.2 Å². The van der Waals surface area contributed by atoms with Gasteiger partial charge in [-0.25, -0.2) is 0 Å². The van der Waals surface area contributed by atoms with E-state index in [9.17, 15) is 0 Å². The second-order valence-electron chi connectivity index (χ2n) is 6.17. The molecule has 1 aliphatic rings. The summed E-state index contributed by atoms with van der Waals surface area (Å²) < 4.78 is 11.3. The van der Waals surface area contributed by atoms with E-state index in [4.69, 9.17) is 14.5 Å². The predicted octanol–water partition coefficient (Wildman–Crippen LogP) is 4.82. The SMILES string of the molecule is COc1cc(C=NC2CCCCC2)[c-]cc1OCc1ccccc1.[Cu+]. The predicted molar refractivity (Wildman–Crippen MR) is 97.1 cm³/mol. The van der Waals surface area contributed by atoms with Crippen LogP contribution in [0, 0.1) is 6.07 Å². The van der Waals surface area contributed by atoms with Crippen LogP contribution in [-0.4, -0.2) is 19.4 Å². The molecular formula is C21H24CuNO2. The van der Waals surface area contributed by atoms with Crippen molar-refractivity contribution in [2.75, 3.05) is 7.11 Å². The molecule has 0 amide bonds. The molecule has 1 saturated carbocycles. The van der Waals surface area contributed by atoms with Gasteiger partial charge >= 0.3 is 17.1 Å². The van der Waals surface area contributed by atoms with Gasteiger partial charge in [0, 0.05) is 6.04 Å². The first-order valence-corrected chi connectivity index (χ1v) is 8.65. The second kappa shape index (κ2) is 10.3. The maximum Gasteiger partial charge on any atom is 1.00 e. The number of aliphatic imine (C=N–C) groups is 1. The average molecular weight is 386 g/mol. The van der Waals surface area contributed by atoms with Gasteiger partial charge < -0.3 is 14.5 Å². The van der Waals surface area contributed by atoms with Crippen molar-refractivity contribution in [2.45, 2.75) is 44.8 Å². The third-order valence-corrected chi connectivity index (χ3v) is 4.36. The Morgan fingerprint density at radius 3 is 2.60 bits per heavy atom. The van der Waals surface area contributed by atoms with Gasteiger partial charge in [0.1, 0.15) is 6.61 Å². The largest absolute Gasteiger partial charge is 1.00 e. The van der Waals surface area contributed by atoms with E-state index in [-0.39, 0.29) is 17.1 Å². The van der Waals surface area contributed by atoms with Crippen molar-refractivity contribution in [3.05, 3.63) is 59.7 Å². The molecule has 0 radical (unpaired) electrons. The van der Waals surface area contributed by atoms with E-state index in [2.05, 4.69) is 6.07 Å². The van der Waals surface area contributed by atoms with Gasteiger partial charge in [-0.3, -0.25) is 0 Å². The van der Waals surface area contributed by atoms with Gasteiger partial charge in [0.15, 0.2) is 0 Å². The minimum Gasteiger partial charge on any atom is -0.528 e. The molecule has 2 aromatic rings. The minimum absolute atomic E-state index is 0. The number of nitrogens with zero attached hydrogens (tertiary/aromatic N) is 1. The van der Waals surface area contributed by atoms with Gasteiger partial charge in [-0.05, 0) is 18.4 Å². The van der Waals surface area contributed by atoms with Crippen LogP contribution in [0.3, 0.4) is 0 Å². The van der Waals surface area contributed by atoms with Gasteiger partial charge in [0.2, 0.25) is 0 Å². The zero-order valence-corrected chi connectivity index (χ0v) is 15.4. The van der Waals surface area contributed by atoms with Crippen LogP contribution in [0.15, 0.2) is 47.5 Å². The molecule has 0 N–H and O–H groups in total. The van der Waals surface area contributed by atoms with Crippen molar-refractivity contribution in [3.63, 3.8) is 0 Å². The number of hydrogen-bond donors (Lipinski definition) is 0. The first-order valence-electron chi connectivity index (χ1n) is 8.65. The zero-order valence-electron chi connectivity index (χ0n) is 14.5. The van der Waals surface area contributed by atoms with Gasteiger partial charge in [0.05, 0.1) is 18.6 Å². The van der Waals surface area contributed by atoms with Gasteiger partial charge in [-0.15, -0.1) is 17.7 Å². The minimum atomic E-state index is 0. The Kier molecular flexibility index (Phi) is 8.03. The van der Waals surface area contributed by atoms with E-state index >= 15 is 0 Å². The summed E-state index contributed by atoms with van der Waals surface area (Å²) in [7, 11) is 1.66. The molecule has 3 nitrogen and oxygen atoms in total. The summed E-state index contributed by atoms with van der Waals surface area (Å²) in [5.41, 5.74) is 2.06. The molecule has 2 aromatic carbocycles. The molecule has 0 saturated heterocycles. The summed E-state index contributed by atoms with van der Waals surface area (Å²) in [5, 5.41) is 0. The molecule has 0 bridgehead atoms. The number of hydrogen-bond acceptors (Lipinski definition) is 3. The van der Waals surface area contributed by atoms with E-state index < -0.39 is 0 Å². The van der Waals surface area contributed by atoms with Crippen LogP contribution < -0.4 is 9.47 Å². The summed E-state index contributed by atoms with van der Waals surface area (Å²) in [6.45, 7) is 0.514. The zero-order chi connectivity index (χ0) is 16.6. The molecule has 0 heterocycles. The summed E-state index contributed by atoms with van der Waals surface area (Å²) in [5.74, 6) is 1.42. The monoisotopic (exact) mass is 385 g/mol. The third kappa shape index (κ3) is 5.91. The third-order valence-electron chi connectivity index (χ3n) is 4.36. The smallest absolute Gasteiger partial charge is 0.528 e. The molecule has 136 valence electrons. The normalized spacial score (nSPS) is 14.9. The Morgan fingerprint density at radius 2 is 1.88 bits per heavy atom. The van der Waals surface area contributed by atoms with E-state index in [1.54, 1.807) is 7.11 Å². The fourth-order valence-electron chi connectivity index (χ4n) is 2.97. The topological polar surface area (TPSA) is 30.8 Å². The van der Waals surface area contributed by atoms with Crippen molar-refractivity contribution in [2.24, 2.45) is 4.99 Å². The molecule has 0 spiro atoms. The van der Waals surface area contributed by atoms with Crippen LogP contribution in [0.2, 0.25) is 0 Å². The molecule has 3 rings (SSSR count). The Hall–Kier alpha value is -1.77. The molecule has 0 aromatic heterocycles. The maximum absolute atomic E-state index is 5.86. The van der Waals surface area contributed by atoms with Crippen molar-refractivity contribution < 1.29 is 26.5 Å². The van der Waals surface area contributed by atoms with E-state index in [1.165, 1.54) is 32.1 Å². The first-order chi connectivity index (χ1) is 11.8. The molecule has 0 atom stereocenters.